The Labute approximate surface area is 111 Å². The van der Waals surface area contributed by atoms with Crippen molar-refractivity contribution >= 4 is 5.69 Å². The number of diazo groups is 1. The highest BCUT2D eigenvalue weighted by molar-refractivity contribution is 5.44. The predicted molar refractivity (Wildman–Crippen MR) is 77.5 cm³/mol. The van der Waals surface area contributed by atoms with E-state index in [9.17, 15) is 0 Å². The number of hydrogen-bond acceptors (Lipinski definition) is 1. The average molecular weight is 245 g/mol. The second-order valence-corrected chi connectivity index (χ2v) is 4.99. The summed E-state index contributed by atoms with van der Waals surface area (Å²) >= 11 is 0. The van der Waals surface area contributed by atoms with Crippen LogP contribution >= 0.6 is 0 Å². The molecule has 0 unspecified atom stereocenters. The normalized spacial score (nSPS) is 10.2. The first-order valence-corrected chi connectivity index (χ1v) is 7.31. The molecular formula is C16H25N2+. The molecule has 0 saturated carbocycles. The van der Waals surface area contributed by atoms with Crippen molar-refractivity contribution in [2.24, 2.45) is 0 Å². The van der Waals surface area contributed by atoms with Crippen LogP contribution in [0.5, 0.6) is 0 Å². The highest BCUT2D eigenvalue weighted by Crippen LogP contribution is 2.15. The number of rotatable bonds is 9. The van der Waals surface area contributed by atoms with Gasteiger partial charge >= 0.3 is 5.69 Å². The number of benzene rings is 1. The van der Waals surface area contributed by atoms with E-state index in [1.54, 1.807) is 0 Å². The Morgan fingerprint density at radius 3 is 1.94 bits per heavy atom. The first-order valence-electron chi connectivity index (χ1n) is 7.31. The molecule has 0 amide bonds. The summed E-state index contributed by atoms with van der Waals surface area (Å²) in [6, 6.07) is 7.83. The molecule has 0 aliphatic heterocycles. The summed E-state index contributed by atoms with van der Waals surface area (Å²) in [6.45, 7) is 2.26. The molecule has 98 valence electrons. The van der Waals surface area contributed by atoms with Gasteiger partial charge in [0.1, 0.15) is 0 Å². The largest absolute Gasteiger partial charge is 0.385 e. The van der Waals surface area contributed by atoms with Crippen LogP contribution in [0, 0.1) is 5.39 Å². The Balaban J connectivity index is 2.02. The Bertz CT molecular complexity index is 348. The standard InChI is InChI=1S/C16H25N2/c1-2-3-4-5-6-7-8-9-10-15-11-13-16(18-17)14-12-15/h11-14H,2-10H2,1H3/q+1. The van der Waals surface area contributed by atoms with Crippen LogP contribution in [0.1, 0.15) is 63.9 Å². The van der Waals surface area contributed by atoms with Gasteiger partial charge in [0.2, 0.25) is 5.39 Å². The number of aryl methyl sites for hydroxylation is 1. The van der Waals surface area contributed by atoms with Crippen LogP contribution in [-0.2, 0) is 6.42 Å². The van der Waals surface area contributed by atoms with Gasteiger partial charge in [-0.05, 0) is 18.4 Å². The maximum Gasteiger partial charge on any atom is 0.385 e. The van der Waals surface area contributed by atoms with Gasteiger partial charge in [0.05, 0.1) is 0 Å². The Kier molecular flexibility index (Phi) is 7.88. The van der Waals surface area contributed by atoms with E-state index in [0.29, 0.717) is 5.69 Å². The van der Waals surface area contributed by atoms with E-state index in [4.69, 9.17) is 5.39 Å². The molecule has 0 aliphatic rings. The number of nitrogens with zero attached hydrogens (tertiary/aromatic N) is 2. The zero-order valence-electron chi connectivity index (χ0n) is 11.6. The quantitative estimate of drug-likeness (QED) is 0.396. The fourth-order valence-electron chi connectivity index (χ4n) is 2.19. The van der Waals surface area contributed by atoms with Gasteiger partial charge in [-0.15, -0.1) is 0 Å². The Morgan fingerprint density at radius 2 is 1.39 bits per heavy atom. The minimum absolute atomic E-state index is 0.634. The summed E-state index contributed by atoms with van der Waals surface area (Å²) in [7, 11) is 0. The van der Waals surface area contributed by atoms with Crippen molar-refractivity contribution in [2.45, 2.75) is 64.7 Å². The molecule has 0 radical (unpaired) electrons. The molecule has 1 aromatic rings. The van der Waals surface area contributed by atoms with Crippen LogP contribution in [0.25, 0.3) is 4.98 Å². The maximum atomic E-state index is 8.59. The molecule has 0 fully saturated rings. The van der Waals surface area contributed by atoms with E-state index in [2.05, 4.69) is 24.0 Å². The Morgan fingerprint density at radius 1 is 0.833 bits per heavy atom. The van der Waals surface area contributed by atoms with Crippen molar-refractivity contribution < 1.29 is 0 Å². The van der Waals surface area contributed by atoms with Crippen LogP contribution in [0.2, 0.25) is 0 Å². The van der Waals surface area contributed by atoms with Gasteiger partial charge in [0, 0.05) is 12.1 Å². The lowest BCUT2D eigenvalue weighted by Crippen LogP contribution is -1.86. The SMILES string of the molecule is CCCCCCCCCCc1ccc([N+]#N)cc1. The summed E-state index contributed by atoms with van der Waals surface area (Å²) in [6.07, 6.45) is 12.0. The van der Waals surface area contributed by atoms with Crippen LogP contribution in [0.3, 0.4) is 0 Å². The van der Waals surface area contributed by atoms with Crippen molar-refractivity contribution in [1.82, 2.24) is 0 Å². The molecule has 0 N–H and O–H groups in total. The molecule has 2 heteroatoms. The maximum absolute atomic E-state index is 8.59. The van der Waals surface area contributed by atoms with Gasteiger partial charge in [0.25, 0.3) is 0 Å². The molecule has 0 saturated heterocycles. The van der Waals surface area contributed by atoms with Gasteiger partial charge in [0.15, 0.2) is 4.98 Å². The highest BCUT2D eigenvalue weighted by Gasteiger charge is 2.02. The highest BCUT2D eigenvalue weighted by atomic mass is 14.8. The second kappa shape index (κ2) is 9.65. The smallest absolute Gasteiger partial charge is 0.0654 e. The van der Waals surface area contributed by atoms with Gasteiger partial charge in [-0.1, -0.05) is 64.0 Å². The molecule has 0 atom stereocenters. The minimum atomic E-state index is 0.634. The zero-order valence-corrected chi connectivity index (χ0v) is 11.6. The van der Waals surface area contributed by atoms with Crippen molar-refractivity contribution in [1.29, 1.82) is 5.39 Å². The Hall–Kier alpha value is -1.36. The lowest BCUT2D eigenvalue weighted by Gasteiger charge is -2.02. The molecule has 0 aromatic heterocycles. The topological polar surface area (TPSA) is 28.1 Å². The van der Waals surface area contributed by atoms with Crippen molar-refractivity contribution in [2.75, 3.05) is 0 Å². The zero-order chi connectivity index (χ0) is 13.1. The lowest BCUT2D eigenvalue weighted by atomic mass is 10.0. The summed E-state index contributed by atoms with van der Waals surface area (Å²) in [5.41, 5.74) is 1.98. The van der Waals surface area contributed by atoms with Gasteiger partial charge < -0.3 is 0 Å². The summed E-state index contributed by atoms with van der Waals surface area (Å²) in [4.78, 5) is 3.16. The average Bonchev–Trinajstić information content (AvgIpc) is 2.42. The van der Waals surface area contributed by atoms with E-state index in [0.717, 1.165) is 6.42 Å². The number of hydrogen-bond donors (Lipinski definition) is 0. The summed E-state index contributed by atoms with van der Waals surface area (Å²) < 4.78 is 0. The molecule has 0 heterocycles. The third-order valence-electron chi connectivity index (χ3n) is 3.37. The molecule has 1 aromatic carbocycles. The van der Waals surface area contributed by atoms with Crippen molar-refractivity contribution in [3.05, 3.63) is 34.8 Å². The minimum Gasteiger partial charge on any atom is -0.0654 e. The van der Waals surface area contributed by atoms with Crippen LogP contribution < -0.4 is 0 Å². The molecular weight excluding hydrogens is 220 g/mol. The molecule has 0 spiro atoms. The third kappa shape index (κ3) is 6.39. The van der Waals surface area contributed by atoms with Crippen molar-refractivity contribution in [3.8, 4) is 0 Å². The van der Waals surface area contributed by atoms with E-state index in [-0.39, 0.29) is 0 Å². The second-order valence-electron chi connectivity index (χ2n) is 4.99. The van der Waals surface area contributed by atoms with E-state index in [1.807, 2.05) is 12.1 Å². The molecule has 0 aliphatic carbocycles. The van der Waals surface area contributed by atoms with Crippen LogP contribution in [-0.4, -0.2) is 0 Å². The van der Waals surface area contributed by atoms with Gasteiger partial charge in [-0.25, -0.2) is 0 Å². The lowest BCUT2D eigenvalue weighted by molar-refractivity contribution is 0.575. The van der Waals surface area contributed by atoms with Crippen molar-refractivity contribution in [3.63, 3.8) is 0 Å². The number of unbranched alkanes of at least 4 members (excludes halogenated alkanes) is 7. The van der Waals surface area contributed by atoms with Crippen LogP contribution in [0.15, 0.2) is 24.3 Å². The monoisotopic (exact) mass is 245 g/mol. The van der Waals surface area contributed by atoms with Gasteiger partial charge in [-0.3, -0.25) is 0 Å². The molecule has 18 heavy (non-hydrogen) atoms. The first kappa shape index (κ1) is 14.7. The fourth-order valence-corrected chi connectivity index (χ4v) is 2.19. The first-order chi connectivity index (χ1) is 8.86. The summed E-state index contributed by atoms with van der Waals surface area (Å²) in [5, 5.41) is 8.59. The van der Waals surface area contributed by atoms with E-state index in [1.165, 1.54) is 56.9 Å². The summed E-state index contributed by atoms with van der Waals surface area (Å²) in [5.74, 6) is 0. The van der Waals surface area contributed by atoms with E-state index < -0.39 is 0 Å². The van der Waals surface area contributed by atoms with Crippen LogP contribution in [0.4, 0.5) is 5.69 Å². The predicted octanol–water partition coefficient (Wildman–Crippen LogP) is 5.85. The van der Waals surface area contributed by atoms with E-state index >= 15 is 0 Å². The molecule has 2 nitrogen and oxygen atoms in total. The fraction of sp³-hybridized carbons (Fsp3) is 0.625. The molecule has 0 bridgehead atoms. The van der Waals surface area contributed by atoms with Gasteiger partial charge in [-0.2, -0.15) is 0 Å². The molecule has 1 rings (SSSR count). The third-order valence-corrected chi connectivity index (χ3v) is 3.37.